The third-order valence-electron chi connectivity index (χ3n) is 3.68. The van der Waals surface area contributed by atoms with Crippen molar-refractivity contribution in [3.05, 3.63) is 21.9 Å². The maximum atomic E-state index is 11.8. The quantitative estimate of drug-likeness (QED) is 0.852. The number of fused-ring (bicyclic) bond motifs is 1. The van der Waals surface area contributed by atoms with Gasteiger partial charge in [0.15, 0.2) is 0 Å². The summed E-state index contributed by atoms with van der Waals surface area (Å²) in [6, 6.07) is 1.79. The Kier molecular flexibility index (Phi) is 4.77. The van der Waals surface area contributed by atoms with Crippen LogP contribution >= 0.6 is 11.3 Å². The zero-order valence-corrected chi connectivity index (χ0v) is 12.8. The molecule has 2 rings (SSSR count). The Hall–Kier alpha value is -1.40. The number of nitrogens with zero attached hydrogens (tertiary/aromatic N) is 1. The summed E-state index contributed by atoms with van der Waals surface area (Å²) in [6.45, 7) is 4.91. The number of rotatable bonds is 4. The Labute approximate surface area is 122 Å². The van der Waals surface area contributed by atoms with E-state index in [-0.39, 0.29) is 11.9 Å². The van der Waals surface area contributed by atoms with Gasteiger partial charge in [-0.25, -0.2) is 4.79 Å². The van der Waals surface area contributed by atoms with Gasteiger partial charge in [0.1, 0.15) is 6.04 Å². The molecule has 0 saturated carbocycles. The van der Waals surface area contributed by atoms with Crippen molar-refractivity contribution in [3.63, 3.8) is 0 Å². The summed E-state index contributed by atoms with van der Waals surface area (Å²) < 4.78 is 4.77. The monoisotopic (exact) mass is 296 g/mol. The number of ether oxygens (including phenoxy) is 1. The van der Waals surface area contributed by atoms with E-state index in [1.165, 1.54) is 24.5 Å². The molecule has 0 radical (unpaired) electrons. The molecule has 1 aliphatic heterocycles. The van der Waals surface area contributed by atoms with E-state index >= 15 is 0 Å². The third-order valence-corrected chi connectivity index (χ3v) is 4.68. The first-order valence-corrected chi connectivity index (χ1v) is 7.56. The minimum atomic E-state index is -0.611. The highest BCUT2D eigenvalue weighted by Gasteiger charge is 2.30. The first-order chi connectivity index (χ1) is 9.52. The smallest absolute Gasteiger partial charge is 0.329 e. The molecule has 0 saturated heterocycles. The van der Waals surface area contributed by atoms with Crippen LogP contribution in [-0.4, -0.2) is 43.0 Å². The lowest BCUT2D eigenvalue weighted by Gasteiger charge is -2.35. The summed E-state index contributed by atoms with van der Waals surface area (Å²) in [6.07, 6.45) is 0.991. The molecule has 20 heavy (non-hydrogen) atoms. The molecular formula is C14H20N2O3S. The highest BCUT2D eigenvalue weighted by atomic mass is 32.1. The molecule has 1 aliphatic rings. The fourth-order valence-electron chi connectivity index (χ4n) is 2.61. The number of amides is 1. The van der Waals surface area contributed by atoms with Gasteiger partial charge in [-0.15, -0.1) is 11.3 Å². The average Bonchev–Trinajstić information content (AvgIpc) is 2.88. The molecule has 6 heteroatoms. The zero-order valence-electron chi connectivity index (χ0n) is 12.0. The second-order valence-electron chi connectivity index (χ2n) is 5.00. The van der Waals surface area contributed by atoms with E-state index in [1.54, 1.807) is 11.3 Å². The Morgan fingerprint density at radius 2 is 2.35 bits per heavy atom. The minimum Gasteiger partial charge on any atom is -0.467 e. The summed E-state index contributed by atoms with van der Waals surface area (Å²) >= 11 is 1.78. The Morgan fingerprint density at radius 1 is 1.60 bits per heavy atom. The maximum Gasteiger partial charge on any atom is 0.329 e. The van der Waals surface area contributed by atoms with Crippen LogP contribution in [-0.2, 0) is 20.7 Å². The summed E-state index contributed by atoms with van der Waals surface area (Å²) in [7, 11) is 1.34. The van der Waals surface area contributed by atoms with Gasteiger partial charge in [-0.1, -0.05) is 0 Å². The topological polar surface area (TPSA) is 58.6 Å². The zero-order chi connectivity index (χ0) is 14.7. The summed E-state index contributed by atoms with van der Waals surface area (Å²) in [5, 5.41) is 4.77. The lowest BCUT2D eigenvalue weighted by molar-refractivity contribution is -0.145. The molecule has 1 aromatic heterocycles. The summed E-state index contributed by atoms with van der Waals surface area (Å²) in [5.74, 6) is -0.621. The molecule has 0 fully saturated rings. The number of esters is 1. The van der Waals surface area contributed by atoms with Crippen LogP contribution in [0.2, 0.25) is 0 Å². The van der Waals surface area contributed by atoms with Gasteiger partial charge in [0.25, 0.3) is 0 Å². The fourth-order valence-corrected chi connectivity index (χ4v) is 3.57. The summed E-state index contributed by atoms with van der Waals surface area (Å²) in [5.41, 5.74) is 1.33. The number of carbonyl (C=O) groups excluding carboxylic acids is 2. The number of thiophene rings is 1. The lowest BCUT2D eigenvalue weighted by Crippen LogP contribution is -2.50. The van der Waals surface area contributed by atoms with Crippen LogP contribution in [0.15, 0.2) is 11.4 Å². The van der Waals surface area contributed by atoms with Crippen LogP contribution in [0.25, 0.3) is 0 Å². The van der Waals surface area contributed by atoms with Crippen molar-refractivity contribution < 1.29 is 14.3 Å². The van der Waals surface area contributed by atoms with Gasteiger partial charge < -0.3 is 10.1 Å². The first-order valence-electron chi connectivity index (χ1n) is 6.68. The Morgan fingerprint density at radius 3 is 3.00 bits per heavy atom. The molecule has 0 aliphatic carbocycles. The number of nitrogens with one attached hydrogen (secondary N) is 1. The molecule has 2 atom stereocenters. The van der Waals surface area contributed by atoms with E-state index in [9.17, 15) is 9.59 Å². The largest absolute Gasteiger partial charge is 0.467 e. The van der Waals surface area contributed by atoms with Crippen molar-refractivity contribution >= 4 is 23.2 Å². The van der Waals surface area contributed by atoms with Crippen molar-refractivity contribution in [2.24, 2.45) is 0 Å². The molecule has 1 N–H and O–H groups in total. The molecular weight excluding hydrogens is 276 g/mol. The van der Waals surface area contributed by atoms with E-state index in [0.29, 0.717) is 6.54 Å². The van der Waals surface area contributed by atoms with Gasteiger partial charge in [0.05, 0.1) is 7.11 Å². The molecule has 5 nitrogen and oxygen atoms in total. The van der Waals surface area contributed by atoms with Crippen LogP contribution in [0.3, 0.4) is 0 Å². The SMILES string of the molecule is COC(=O)C(CN1CCc2sccc2C1C)NC(C)=O. The Balaban J connectivity index is 2.07. The van der Waals surface area contributed by atoms with Crippen LogP contribution in [0, 0.1) is 0 Å². The molecule has 1 aromatic rings. The molecule has 0 aromatic carbocycles. The van der Waals surface area contributed by atoms with Crippen LogP contribution in [0.1, 0.15) is 30.3 Å². The number of methoxy groups -OCH3 is 1. The molecule has 1 amide bonds. The Bertz CT molecular complexity index is 500. The van der Waals surface area contributed by atoms with Crippen molar-refractivity contribution in [1.82, 2.24) is 10.2 Å². The second kappa shape index (κ2) is 6.37. The number of hydrogen-bond acceptors (Lipinski definition) is 5. The van der Waals surface area contributed by atoms with E-state index in [0.717, 1.165) is 13.0 Å². The van der Waals surface area contributed by atoms with Gasteiger partial charge in [-0.05, 0) is 30.4 Å². The van der Waals surface area contributed by atoms with Gasteiger partial charge in [-0.3, -0.25) is 9.69 Å². The normalized spacial score (nSPS) is 20.1. The molecule has 110 valence electrons. The highest BCUT2D eigenvalue weighted by Crippen LogP contribution is 2.32. The molecule has 2 heterocycles. The molecule has 0 spiro atoms. The van der Waals surface area contributed by atoms with E-state index < -0.39 is 12.0 Å². The number of carbonyl (C=O) groups is 2. The standard InChI is InChI=1S/C14H20N2O3S/c1-9-11-5-7-20-13(11)4-6-16(9)8-12(14(18)19-3)15-10(2)17/h5,7,9,12H,4,6,8H2,1-3H3,(H,15,17). The molecule has 0 bridgehead atoms. The third kappa shape index (κ3) is 3.19. The lowest BCUT2D eigenvalue weighted by atomic mass is 10.0. The van der Waals surface area contributed by atoms with Crippen molar-refractivity contribution in [2.75, 3.05) is 20.2 Å². The van der Waals surface area contributed by atoms with Gasteiger partial charge in [0.2, 0.25) is 5.91 Å². The van der Waals surface area contributed by atoms with E-state index in [4.69, 9.17) is 4.74 Å². The van der Waals surface area contributed by atoms with Crippen molar-refractivity contribution in [1.29, 1.82) is 0 Å². The van der Waals surface area contributed by atoms with Crippen molar-refractivity contribution in [3.8, 4) is 0 Å². The van der Waals surface area contributed by atoms with Crippen LogP contribution < -0.4 is 5.32 Å². The maximum absolute atomic E-state index is 11.8. The predicted molar refractivity (Wildman–Crippen MR) is 77.6 cm³/mol. The van der Waals surface area contributed by atoms with Gasteiger partial charge >= 0.3 is 5.97 Å². The summed E-state index contributed by atoms with van der Waals surface area (Å²) in [4.78, 5) is 26.6. The van der Waals surface area contributed by atoms with Crippen molar-refractivity contribution in [2.45, 2.75) is 32.4 Å². The predicted octanol–water partition coefficient (Wildman–Crippen LogP) is 1.34. The average molecular weight is 296 g/mol. The molecule has 2 unspecified atom stereocenters. The van der Waals surface area contributed by atoms with Gasteiger partial charge in [0, 0.05) is 30.9 Å². The van der Waals surface area contributed by atoms with E-state index in [1.807, 2.05) is 0 Å². The number of hydrogen-bond donors (Lipinski definition) is 1. The van der Waals surface area contributed by atoms with Gasteiger partial charge in [-0.2, -0.15) is 0 Å². The minimum absolute atomic E-state index is 0.221. The second-order valence-corrected chi connectivity index (χ2v) is 6.00. The first kappa shape index (κ1) is 15.0. The fraction of sp³-hybridized carbons (Fsp3) is 0.571. The van der Waals surface area contributed by atoms with Crippen LogP contribution in [0.5, 0.6) is 0 Å². The highest BCUT2D eigenvalue weighted by molar-refractivity contribution is 7.10. The van der Waals surface area contributed by atoms with E-state index in [2.05, 4.69) is 28.6 Å². The van der Waals surface area contributed by atoms with Crippen LogP contribution in [0.4, 0.5) is 0 Å².